The zero-order valence-electron chi connectivity index (χ0n) is 16.2. The third-order valence-electron chi connectivity index (χ3n) is 4.90. The van der Waals surface area contributed by atoms with Gasteiger partial charge in [-0.25, -0.2) is 13.4 Å². The second-order valence-corrected chi connectivity index (χ2v) is 10.7. The number of thiazole rings is 1. The van der Waals surface area contributed by atoms with Crippen molar-refractivity contribution in [3.63, 3.8) is 0 Å². The highest BCUT2D eigenvalue weighted by Crippen LogP contribution is 2.29. The fraction of sp³-hybridized carbons (Fsp3) is 0.250. The number of aromatic nitrogens is 2. The molecule has 0 unspecified atom stereocenters. The van der Waals surface area contributed by atoms with Gasteiger partial charge < -0.3 is 4.90 Å². The highest BCUT2D eigenvalue weighted by Gasteiger charge is 2.31. The molecule has 1 aliphatic rings. The molecule has 30 heavy (non-hydrogen) atoms. The van der Waals surface area contributed by atoms with Gasteiger partial charge in [-0.15, -0.1) is 11.3 Å². The number of sulfonamides is 1. The van der Waals surface area contributed by atoms with Crippen molar-refractivity contribution in [1.82, 2.24) is 19.2 Å². The molecule has 1 aliphatic heterocycles. The van der Waals surface area contributed by atoms with Crippen LogP contribution < -0.4 is 0 Å². The maximum absolute atomic E-state index is 13.0. The van der Waals surface area contributed by atoms with Crippen LogP contribution in [0.15, 0.2) is 58.2 Å². The zero-order chi connectivity index (χ0) is 21.3. The Bertz CT molecular complexity index is 1160. The summed E-state index contributed by atoms with van der Waals surface area (Å²) < 4.78 is 28.0. The molecule has 1 saturated heterocycles. The van der Waals surface area contributed by atoms with Gasteiger partial charge >= 0.3 is 0 Å². The first-order valence-electron chi connectivity index (χ1n) is 9.29. The first-order valence-corrected chi connectivity index (χ1v) is 12.3. The Morgan fingerprint density at radius 2 is 1.67 bits per heavy atom. The number of pyridine rings is 1. The molecule has 1 aromatic carbocycles. The number of piperazine rings is 1. The van der Waals surface area contributed by atoms with Crippen molar-refractivity contribution >= 4 is 43.2 Å². The number of hydrogen-bond donors (Lipinski definition) is 0. The molecule has 1 fully saturated rings. The van der Waals surface area contributed by atoms with Crippen LogP contribution in [0.5, 0.6) is 0 Å². The van der Waals surface area contributed by atoms with Crippen LogP contribution in [-0.2, 0) is 10.0 Å². The number of amides is 1. The molecule has 156 valence electrons. The van der Waals surface area contributed by atoms with Crippen LogP contribution >= 0.6 is 27.3 Å². The summed E-state index contributed by atoms with van der Waals surface area (Å²) in [5, 5.41) is 0.773. The standard InChI is InChI=1S/C20H19BrN4O3S2/c1-14-18(29-19(23-14)15-6-8-22-9-7-15)20(26)24-10-12-25(13-11-24)30(27,28)17-4-2-16(21)3-5-17/h2-9H,10-13H2,1H3. The minimum absolute atomic E-state index is 0.106. The predicted molar refractivity (Wildman–Crippen MR) is 119 cm³/mol. The van der Waals surface area contributed by atoms with Gasteiger partial charge in [0.05, 0.1) is 10.6 Å². The van der Waals surface area contributed by atoms with Gasteiger partial charge in [0.2, 0.25) is 10.0 Å². The fourth-order valence-corrected chi connectivity index (χ4v) is 5.97. The van der Waals surface area contributed by atoms with E-state index in [1.807, 2.05) is 19.1 Å². The summed E-state index contributed by atoms with van der Waals surface area (Å²) in [5.74, 6) is -0.106. The first-order chi connectivity index (χ1) is 14.4. The number of carbonyl (C=O) groups is 1. The van der Waals surface area contributed by atoms with Crippen molar-refractivity contribution in [1.29, 1.82) is 0 Å². The molecule has 10 heteroatoms. The van der Waals surface area contributed by atoms with Gasteiger partial charge in [-0.1, -0.05) is 15.9 Å². The van der Waals surface area contributed by atoms with Gasteiger partial charge in [-0.2, -0.15) is 4.31 Å². The lowest BCUT2D eigenvalue weighted by atomic mass is 10.3. The average Bonchev–Trinajstić information content (AvgIpc) is 3.16. The van der Waals surface area contributed by atoms with Gasteiger partial charge in [-0.05, 0) is 43.3 Å². The van der Waals surface area contributed by atoms with Crippen molar-refractivity contribution in [3.8, 4) is 10.6 Å². The Morgan fingerprint density at radius 1 is 1.03 bits per heavy atom. The molecule has 0 N–H and O–H groups in total. The predicted octanol–water partition coefficient (Wildman–Crippen LogP) is 3.42. The molecule has 3 heterocycles. The van der Waals surface area contributed by atoms with E-state index in [1.165, 1.54) is 15.6 Å². The van der Waals surface area contributed by atoms with E-state index in [1.54, 1.807) is 41.6 Å². The van der Waals surface area contributed by atoms with Crippen LogP contribution in [0.3, 0.4) is 0 Å². The van der Waals surface area contributed by atoms with Crippen LogP contribution in [0.25, 0.3) is 10.6 Å². The Hall–Kier alpha value is -2.14. The number of halogens is 1. The van der Waals surface area contributed by atoms with Gasteiger partial charge in [0.15, 0.2) is 0 Å². The monoisotopic (exact) mass is 506 g/mol. The van der Waals surface area contributed by atoms with Crippen LogP contribution in [0.4, 0.5) is 0 Å². The Morgan fingerprint density at radius 3 is 2.30 bits per heavy atom. The first kappa shape index (κ1) is 21.1. The number of aryl methyl sites for hydroxylation is 1. The van der Waals surface area contributed by atoms with Gasteiger partial charge in [0.1, 0.15) is 9.88 Å². The van der Waals surface area contributed by atoms with Crippen LogP contribution in [0.1, 0.15) is 15.4 Å². The summed E-state index contributed by atoms with van der Waals surface area (Å²) in [6, 6.07) is 10.3. The van der Waals surface area contributed by atoms with Gasteiger partial charge in [0, 0.05) is 48.6 Å². The van der Waals surface area contributed by atoms with Crippen molar-refractivity contribution in [2.75, 3.05) is 26.2 Å². The topological polar surface area (TPSA) is 83.5 Å². The van der Waals surface area contributed by atoms with E-state index in [0.717, 1.165) is 15.0 Å². The Kier molecular flexibility index (Phi) is 6.01. The second kappa shape index (κ2) is 8.54. The molecule has 7 nitrogen and oxygen atoms in total. The zero-order valence-corrected chi connectivity index (χ0v) is 19.4. The SMILES string of the molecule is Cc1nc(-c2ccncc2)sc1C(=O)N1CCN(S(=O)(=O)c2ccc(Br)cc2)CC1. The molecule has 4 rings (SSSR count). The molecule has 0 spiro atoms. The number of rotatable bonds is 4. The minimum Gasteiger partial charge on any atom is -0.335 e. The minimum atomic E-state index is -3.57. The third-order valence-corrected chi connectivity index (χ3v) is 8.53. The van der Waals surface area contributed by atoms with Crippen LogP contribution in [0.2, 0.25) is 0 Å². The second-order valence-electron chi connectivity index (χ2n) is 6.82. The Labute approximate surface area is 187 Å². The van der Waals surface area contributed by atoms with E-state index in [2.05, 4.69) is 25.9 Å². The van der Waals surface area contributed by atoms with E-state index in [9.17, 15) is 13.2 Å². The molecule has 2 aromatic heterocycles. The summed E-state index contributed by atoms with van der Waals surface area (Å²) in [6.07, 6.45) is 3.39. The molecular weight excluding hydrogens is 488 g/mol. The molecule has 3 aromatic rings. The summed E-state index contributed by atoms with van der Waals surface area (Å²) in [7, 11) is -3.57. The van der Waals surface area contributed by atoms with Crippen molar-refractivity contribution in [3.05, 3.63) is 63.8 Å². The van der Waals surface area contributed by atoms with Crippen molar-refractivity contribution < 1.29 is 13.2 Å². The molecule has 0 atom stereocenters. The van der Waals surface area contributed by atoms with E-state index < -0.39 is 10.0 Å². The maximum atomic E-state index is 13.0. The quantitative estimate of drug-likeness (QED) is 0.541. The van der Waals surface area contributed by atoms with Crippen LogP contribution in [0, 0.1) is 6.92 Å². The highest BCUT2D eigenvalue weighted by molar-refractivity contribution is 9.10. The van der Waals surface area contributed by atoms with E-state index in [0.29, 0.717) is 23.7 Å². The molecular formula is C20H19BrN4O3S2. The number of nitrogens with zero attached hydrogens (tertiary/aromatic N) is 4. The molecule has 0 bridgehead atoms. The lowest BCUT2D eigenvalue weighted by Gasteiger charge is -2.33. The summed E-state index contributed by atoms with van der Waals surface area (Å²) in [6.45, 7) is 3.04. The largest absolute Gasteiger partial charge is 0.335 e. The smallest absolute Gasteiger partial charge is 0.265 e. The maximum Gasteiger partial charge on any atom is 0.265 e. The number of carbonyl (C=O) groups excluding carboxylic acids is 1. The number of hydrogen-bond acceptors (Lipinski definition) is 6. The van der Waals surface area contributed by atoms with E-state index in [-0.39, 0.29) is 23.9 Å². The molecule has 1 amide bonds. The van der Waals surface area contributed by atoms with Crippen molar-refractivity contribution in [2.45, 2.75) is 11.8 Å². The highest BCUT2D eigenvalue weighted by atomic mass is 79.9. The molecule has 0 radical (unpaired) electrons. The average molecular weight is 507 g/mol. The van der Waals surface area contributed by atoms with Crippen molar-refractivity contribution in [2.24, 2.45) is 0 Å². The third kappa shape index (κ3) is 4.18. The van der Waals surface area contributed by atoms with E-state index >= 15 is 0 Å². The Balaban J connectivity index is 1.46. The lowest BCUT2D eigenvalue weighted by Crippen LogP contribution is -2.50. The number of benzene rings is 1. The fourth-order valence-electron chi connectivity index (χ4n) is 3.24. The summed E-state index contributed by atoms with van der Waals surface area (Å²) in [4.78, 5) is 24.1. The molecule has 0 saturated carbocycles. The molecule has 0 aliphatic carbocycles. The van der Waals surface area contributed by atoms with E-state index in [4.69, 9.17) is 0 Å². The van der Waals surface area contributed by atoms with Gasteiger partial charge in [0.25, 0.3) is 5.91 Å². The normalized spacial score (nSPS) is 15.3. The van der Waals surface area contributed by atoms with Crippen LogP contribution in [-0.4, -0.2) is 59.7 Å². The van der Waals surface area contributed by atoms with Gasteiger partial charge in [-0.3, -0.25) is 9.78 Å². The summed E-state index contributed by atoms with van der Waals surface area (Å²) in [5.41, 5.74) is 1.60. The summed E-state index contributed by atoms with van der Waals surface area (Å²) >= 11 is 4.67. The lowest BCUT2D eigenvalue weighted by molar-refractivity contribution is 0.0702.